The number of phenols is 1. The van der Waals surface area contributed by atoms with E-state index in [0.29, 0.717) is 0 Å². The normalized spacial score (nSPS) is 14.2. The molecule has 1 aromatic carbocycles. The zero-order valence-corrected chi connectivity index (χ0v) is 11.9. The summed E-state index contributed by atoms with van der Waals surface area (Å²) >= 11 is 4.65. The molecule has 22 heavy (non-hydrogen) atoms. The Morgan fingerprint density at radius 1 is 1.32 bits per heavy atom. The van der Waals surface area contributed by atoms with E-state index in [0.717, 1.165) is 19.3 Å². The van der Waals surface area contributed by atoms with Crippen molar-refractivity contribution in [1.82, 2.24) is 10.6 Å². The average Bonchev–Trinajstić information content (AvgIpc) is 2.43. The van der Waals surface area contributed by atoms with Crippen LogP contribution in [0.1, 0.15) is 5.56 Å². The SMILES string of the molecule is COc1c(O)ccc(C=C2C(=O)NC(=S)NC2=O)c1[N+](=O)[O-]. The number of nitrogens with zero attached hydrogens (tertiary/aromatic N) is 1. The Labute approximate surface area is 128 Å². The van der Waals surface area contributed by atoms with Crippen LogP contribution in [0.25, 0.3) is 6.08 Å². The Hall–Kier alpha value is -3.01. The molecule has 1 aromatic rings. The van der Waals surface area contributed by atoms with Crippen LogP contribution in [0.15, 0.2) is 17.7 Å². The Bertz CT molecular complexity index is 721. The van der Waals surface area contributed by atoms with E-state index in [1.807, 2.05) is 0 Å². The molecule has 0 aliphatic carbocycles. The summed E-state index contributed by atoms with van der Waals surface area (Å²) in [4.78, 5) is 33.9. The quantitative estimate of drug-likeness (QED) is 0.238. The number of rotatable bonds is 3. The molecule has 0 spiro atoms. The van der Waals surface area contributed by atoms with Crippen molar-refractivity contribution < 1.29 is 24.4 Å². The molecule has 0 saturated carbocycles. The standard InChI is InChI=1S/C12H9N3O6S/c1-21-9-7(16)3-2-5(8(9)15(19)20)4-6-10(17)13-12(22)14-11(6)18/h2-4,16H,1H3,(H2,13,14,17,18,22). The second-order valence-corrected chi connectivity index (χ2v) is 4.52. The van der Waals surface area contributed by atoms with Crippen LogP contribution in [0.2, 0.25) is 0 Å². The van der Waals surface area contributed by atoms with Crippen LogP contribution in [-0.4, -0.2) is 34.1 Å². The molecule has 114 valence electrons. The van der Waals surface area contributed by atoms with Crippen molar-refractivity contribution in [3.63, 3.8) is 0 Å². The van der Waals surface area contributed by atoms with Crippen molar-refractivity contribution in [3.05, 3.63) is 33.4 Å². The lowest BCUT2D eigenvalue weighted by Crippen LogP contribution is -2.51. The Morgan fingerprint density at radius 3 is 2.41 bits per heavy atom. The molecule has 9 nitrogen and oxygen atoms in total. The van der Waals surface area contributed by atoms with Gasteiger partial charge < -0.3 is 9.84 Å². The van der Waals surface area contributed by atoms with Gasteiger partial charge in [-0.2, -0.15) is 0 Å². The molecule has 0 aromatic heterocycles. The lowest BCUT2D eigenvalue weighted by Gasteiger charge is -2.16. The highest BCUT2D eigenvalue weighted by Crippen LogP contribution is 2.39. The molecule has 1 saturated heterocycles. The minimum absolute atomic E-state index is 0.0761. The lowest BCUT2D eigenvalue weighted by molar-refractivity contribution is -0.386. The van der Waals surface area contributed by atoms with Crippen LogP contribution in [0, 0.1) is 10.1 Å². The summed E-state index contributed by atoms with van der Waals surface area (Å²) in [5.74, 6) is -2.37. The minimum atomic E-state index is -0.784. The summed E-state index contributed by atoms with van der Waals surface area (Å²) in [6.45, 7) is 0. The third-order valence-electron chi connectivity index (χ3n) is 2.77. The number of methoxy groups -OCH3 is 1. The molecule has 2 amide bonds. The minimum Gasteiger partial charge on any atom is -0.504 e. The van der Waals surface area contributed by atoms with E-state index in [2.05, 4.69) is 22.9 Å². The van der Waals surface area contributed by atoms with Gasteiger partial charge in [-0.05, 0) is 30.4 Å². The van der Waals surface area contributed by atoms with Crippen molar-refractivity contribution in [2.45, 2.75) is 0 Å². The van der Waals surface area contributed by atoms with Gasteiger partial charge in [0.2, 0.25) is 5.75 Å². The largest absolute Gasteiger partial charge is 0.504 e. The number of carbonyl (C=O) groups excluding carboxylic acids is 2. The predicted molar refractivity (Wildman–Crippen MR) is 78.2 cm³/mol. The number of hydrogen-bond acceptors (Lipinski definition) is 7. The summed E-state index contributed by atoms with van der Waals surface area (Å²) < 4.78 is 4.80. The highest BCUT2D eigenvalue weighted by Gasteiger charge is 2.29. The van der Waals surface area contributed by atoms with Crippen LogP contribution >= 0.6 is 12.2 Å². The number of amides is 2. The second-order valence-electron chi connectivity index (χ2n) is 4.11. The Balaban J connectivity index is 2.60. The number of nitro benzene ring substituents is 1. The van der Waals surface area contributed by atoms with Crippen molar-refractivity contribution in [2.75, 3.05) is 7.11 Å². The maximum Gasteiger partial charge on any atom is 0.322 e. The molecule has 1 aliphatic rings. The van der Waals surface area contributed by atoms with E-state index in [-0.39, 0.29) is 22.0 Å². The molecule has 0 bridgehead atoms. The third kappa shape index (κ3) is 2.72. The lowest BCUT2D eigenvalue weighted by atomic mass is 10.1. The molecule has 2 rings (SSSR count). The summed E-state index contributed by atoms with van der Waals surface area (Å²) in [6, 6.07) is 2.35. The number of nitrogens with one attached hydrogen (secondary N) is 2. The number of nitro groups is 1. The molecule has 1 fully saturated rings. The van der Waals surface area contributed by atoms with Crippen molar-refractivity contribution in [1.29, 1.82) is 0 Å². The summed E-state index contributed by atoms with van der Waals surface area (Å²) in [6.07, 6.45) is 1.02. The fourth-order valence-electron chi connectivity index (χ4n) is 1.84. The number of aromatic hydroxyl groups is 1. The predicted octanol–water partition coefficient (Wildman–Crippen LogP) is 0.223. The van der Waals surface area contributed by atoms with Gasteiger partial charge in [0, 0.05) is 0 Å². The first kappa shape index (κ1) is 15.4. The van der Waals surface area contributed by atoms with E-state index in [9.17, 15) is 24.8 Å². The molecule has 0 radical (unpaired) electrons. The van der Waals surface area contributed by atoms with E-state index in [4.69, 9.17) is 4.74 Å². The first-order valence-corrected chi connectivity index (χ1v) is 6.18. The number of hydrogen-bond donors (Lipinski definition) is 3. The van der Waals surface area contributed by atoms with E-state index in [1.165, 1.54) is 6.07 Å². The van der Waals surface area contributed by atoms with E-state index in [1.54, 1.807) is 0 Å². The van der Waals surface area contributed by atoms with Gasteiger partial charge in [-0.25, -0.2) is 0 Å². The van der Waals surface area contributed by atoms with Crippen molar-refractivity contribution in [3.8, 4) is 11.5 Å². The monoisotopic (exact) mass is 323 g/mol. The highest BCUT2D eigenvalue weighted by atomic mass is 32.1. The first-order chi connectivity index (χ1) is 10.3. The smallest absolute Gasteiger partial charge is 0.322 e. The van der Waals surface area contributed by atoms with Gasteiger partial charge in [0.15, 0.2) is 10.9 Å². The topological polar surface area (TPSA) is 131 Å². The number of benzene rings is 1. The van der Waals surface area contributed by atoms with Gasteiger partial charge in [-0.1, -0.05) is 0 Å². The molecular weight excluding hydrogens is 314 g/mol. The maximum absolute atomic E-state index is 11.7. The Morgan fingerprint density at radius 2 is 1.91 bits per heavy atom. The van der Waals surface area contributed by atoms with Gasteiger partial charge in [-0.3, -0.25) is 30.3 Å². The van der Waals surface area contributed by atoms with Gasteiger partial charge in [0.25, 0.3) is 11.8 Å². The molecule has 1 heterocycles. The van der Waals surface area contributed by atoms with E-state index < -0.39 is 28.2 Å². The molecule has 0 atom stereocenters. The van der Waals surface area contributed by atoms with Crippen molar-refractivity contribution >= 4 is 40.9 Å². The number of ether oxygens (including phenoxy) is 1. The highest BCUT2D eigenvalue weighted by molar-refractivity contribution is 7.80. The molecule has 0 unspecified atom stereocenters. The fourth-order valence-corrected chi connectivity index (χ4v) is 2.03. The Kier molecular flexibility index (Phi) is 4.04. The molecule has 10 heteroatoms. The first-order valence-electron chi connectivity index (χ1n) is 5.78. The molecular formula is C12H9N3O6S. The molecule has 1 aliphatic heterocycles. The fraction of sp³-hybridized carbons (Fsp3) is 0.0833. The summed E-state index contributed by atoms with van der Waals surface area (Å²) in [5, 5.41) is 25.0. The summed E-state index contributed by atoms with van der Waals surface area (Å²) in [5.41, 5.74) is -0.999. The van der Waals surface area contributed by atoms with Crippen LogP contribution in [0.4, 0.5) is 5.69 Å². The van der Waals surface area contributed by atoms with Gasteiger partial charge in [0.05, 0.1) is 17.6 Å². The van der Waals surface area contributed by atoms with Crippen LogP contribution < -0.4 is 15.4 Å². The zero-order chi connectivity index (χ0) is 16.4. The summed E-state index contributed by atoms with van der Waals surface area (Å²) in [7, 11) is 1.15. The third-order valence-corrected chi connectivity index (χ3v) is 2.98. The van der Waals surface area contributed by atoms with Gasteiger partial charge in [-0.15, -0.1) is 0 Å². The van der Waals surface area contributed by atoms with Gasteiger partial charge in [0.1, 0.15) is 5.57 Å². The average molecular weight is 323 g/mol. The van der Waals surface area contributed by atoms with Crippen molar-refractivity contribution in [2.24, 2.45) is 0 Å². The number of phenolic OH excluding ortho intramolecular Hbond substituents is 1. The second kappa shape index (κ2) is 5.77. The van der Waals surface area contributed by atoms with Crippen LogP contribution in [0.5, 0.6) is 11.5 Å². The number of carbonyl (C=O) groups is 2. The zero-order valence-electron chi connectivity index (χ0n) is 11.1. The van der Waals surface area contributed by atoms with Gasteiger partial charge >= 0.3 is 5.69 Å². The van der Waals surface area contributed by atoms with Crippen LogP contribution in [-0.2, 0) is 9.59 Å². The van der Waals surface area contributed by atoms with E-state index >= 15 is 0 Å². The molecule has 3 N–H and O–H groups in total. The number of thiocarbonyl (C=S) groups is 1. The van der Waals surface area contributed by atoms with Crippen LogP contribution in [0.3, 0.4) is 0 Å². The maximum atomic E-state index is 11.7.